The first-order valence-corrected chi connectivity index (χ1v) is 6.51. The minimum absolute atomic E-state index is 0. The number of hydrogen-bond donors (Lipinski definition) is 2. The van der Waals surface area contributed by atoms with Crippen LogP contribution in [0.1, 0.15) is 19.8 Å². The molecule has 18 heavy (non-hydrogen) atoms. The van der Waals surface area contributed by atoms with E-state index in [0.717, 1.165) is 38.7 Å². The highest BCUT2D eigenvalue weighted by atomic mass is 127. The van der Waals surface area contributed by atoms with Gasteiger partial charge >= 0.3 is 0 Å². The van der Waals surface area contributed by atoms with Gasteiger partial charge in [-0.05, 0) is 13.5 Å². The third-order valence-electron chi connectivity index (χ3n) is 2.89. The molecule has 0 aromatic rings. The molecule has 0 aliphatic carbocycles. The molecule has 0 spiro atoms. The van der Waals surface area contributed by atoms with Gasteiger partial charge in [0.25, 0.3) is 0 Å². The van der Waals surface area contributed by atoms with Gasteiger partial charge < -0.3 is 20.3 Å². The van der Waals surface area contributed by atoms with E-state index in [1.165, 1.54) is 12.8 Å². The van der Waals surface area contributed by atoms with Crippen LogP contribution < -0.4 is 10.6 Å². The Morgan fingerprint density at radius 1 is 1.44 bits per heavy atom. The molecule has 0 aromatic heterocycles. The number of nitrogens with zero attached hydrogens (tertiary/aromatic N) is 2. The van der Waals surface area contributed by atoms with Gasteiger partial charge in [0.1, 0.15) is 0 Å². The smallest absolute Gasteiger partial charge is 0.191 e. The Kier molecular flexibility index (Phi) is 10.8. The van der Waals surface area contributed by atoms with Gasteiger partial charge in [0.15, 0.2) is 5.96 Å². The Hall–Kier alpha value is -0.0800. The summed E-state index contributed by atoms with van der Waals surface area (Å²) in [6.45, 7) is 6.81. The Labute approximate surface area is 128 Å². The first kappa shape index (κ1) is 17.9. The summed E-state index contributed by atoms with van der Waals surface area (Å²) in [5.74, 6) is 0.871. The van der Waals surface area contributed by atoms with E-state index in [2.05, 4.69) is 34.5 Å². The molecule has 0 radical (unpaired) electrons. The minimum atomic E-state index is 0. The van der Waals surface area contributed by atoms with E-state index in [1.54, 1.807) is 7.05 Å². The predicted molar refractivity (Wildman–Crippen MR) is 86.9 cm³/mol. The third kappa shape index (κ3) is 7.38. The van der Waals surface area contributed by atoms with Gasteiger partial charge in [-0.1, -0.05) is 13.3 Å². The van der Waals surface area contributed by atoms with Gasteiger partial charge in [-0.2, -0.15) is 0 Å². The number of hydrogen-bond acceptors (Lipinski definition) is 3. The van der Waals surface area contributed by atoms with Crippen LogP contribution in [-0.2, 0) is 4.74 Å². The fourth-order valence-corrected chi connectivity index (χ4v) is 1.80. The van der Waals surface area contributed by atoms with E-state index in [4.69, 9.17) is 4.74 Å². The van der Waals surface area contributed by atoms with E-state index < -0.39 is 0 Å². The van der Waals surface area contributed by atoms with Gasteiger partial charge in [-0.25, -0.2) is 0 Å². The van der Waals surface area contributed by atoms with Crippen molar-refractivity contribution in [1.29, 1.82) is 0 Å². The van der Waals surface area contributed by atoms with E-state index in [1.807, 2.05) is 0 Å². The molecule has 2 N–H and O–H groups in total. The lowest BCUT2D eigenvalue weighted by Gasteiger charge is -2.30. The van der Waals surface area contributed by atoms with Crippen molar-refractivity contribution in [3.05, 3.63) is 0 Å². The number of aliphatic imine (C=N–C) groups is 1. The Bertz CT molecular complexity index is 238. The molecule has 1 rings (SSSR count). The fraction of sp³-hybridized carbons (Fsp3) is 0.917. The zero-order valence-corrected chi connectivity index (χ0v) is 14.1. The molecular formula is C12H27IN4O. The van der Waals surface area contributed by atoms with Crippen LogP contribution in [0.4, 0.5) is 0 Å². The maximum atomic E-state index is 5.68. The second-order valence-electron chi connectivity index (χ2n) is 4.49. The lowest BCUT2D eigenvalue weighted by molar-refractivity contribution is -0.0161. The monoisotopic (exact) mass is 370 g/mol. The number of guanidine groups is 1. The predicted octanol–water partition coefficient (Wildman–Crippen LogP) is 0.900. The number of likely N-dealkylation sites (N-methyl/N-ethyl adjacent to an activating group) is 1. The first-order chi connectivity index (χ1) is 8.26. The van der Waals surface area contributed by atoms with Crippen LogP contribution in [0.3, 0.4) is 0 Å². The van der Waals surface area contributed by atoms with Gasteiger partial charge in [0.05, 0.1) is 12.7 Å². The summed E-state index contributed by atoms with van der Waals surface area (Å²) in [5.41, 5.74) is 0. The summed E-state index contributed by atoms with van der Waals surface area (Å²) in [6.07, 6.45) is 2.63. The Balaban J connectivity index is 0.00000289. The topological polar surface area (TPSA) is 48.9 Å². The van der Waals surface area contributed by atoms with Crippen molar-refractivity contribution in [3.8, 4) is 0 Å². The minimum Gasteiger partial charge on any atom is -0.374 e. The van der Waals surface area contributed by atoms with Crippen LogP contribution in [0.25, 0.3) is 0 Å². The normalized spacial score (nSPS) is 21.3. The molecular weight excluding hydrogens is 343 g/mol. The van der Waals surface area contributed by atoms with E-state index >= 15 is 0 Å². The maximum absolute atomic E-state index is 5.68. The van der Waals surface area contributed by atoms with E-state index in [-0.39, 0.29) is 30.1 Å². The molecule has 1 aliphatic heterocycles. The van der Waals surface area contributed by atoms with E-state index in [9.17, 15) is 0 Å². The zero-order chi connectivity index (χ0) is 12.5. The molecule has 5 nitrogen and oxygen atoms in total. The molecule has 1 saturated heterocycles. The lowest BCUT2D eigenvalue weighted by atomic mass is 10.3. The molecule has 1 fully saturated rings. The van der Waals surface area contributed by atoms with Gasteiger partial charge in [0, 0.05) is 33.2 Å². The third-order valence-corrected chi connectivity index (χ3v) is 2.89. The number of nitrogens with one attached hydrogen (secondary N) is 2. The quantitative estimate of drug-likeness (QED) is 0.327. The molecule has 0 amide bonds. The second kappa shape index (κ2) is 10.8. The average molecular weight is 370 g/mol. The van der Waals surface area contributed by atoms with Crippen LogP contribution in [0.15, 0.2) is 4.99 Å². The number of rotatable bonds is 5. The number of unbranched alkanes of at least 4 members (excludes halogenated alkanes) is 1. The number of morpholine rings is 1. The van der Waals surface area contributed by atoms with Crippen molar-refractivity contribution in [2.45, 2.75) is 25.9 Å². The summed E-state index contributed by atoms with van der Waals surface area (Å²) in [4.78, 5) is 6.48. The standard InChI is InChI=1S/C12H26N4O.HI/c1-4-5-6-14-12(13-2)15-9-11-10-16(3)7-8-17-11;/h11H,4-10H2,1-3H3,(H2,13,14,15);1H. The maximum Gasteiger partial charge on any atom is 0.191 e. The van der Waals surface area contributed by atoms with Crippen LogP contribution in [0, 0.1) is 0 Å². The first-order valence-electron chi connectivity index (χ1n) is 6.51. The largest absolute Gasteiger partial charge is 0.374 e. The summed E-state index contributed by atoms with van der Waals surface area (Å²) in [5, 5.41) is 6.60. The fourth-order valence-electron chi connectivity index (χ4n) is 1.80. The lowest BCUT2D eigenvalue weighted by Crippen LogP contribution is -2.48. The zero-order valence-electron chi connectivity index (χ0n) is 11.7. The highest BCUT2D eigenvalue weighted by Crippen LogP contribution is 2.01. The summed E-state index contributed by atoms with van der Waals surface area (Å²) >= 11 is 0. The summed E-state index contributed by atoms with van der Waals surface area (Å²) in [7, 11) is 3.93. The summed E-state index contributed by atoms with van der Waals surface area (Å²) in [6, 6.07) is 0. The van der Waals surface area contributed by atoms with Crippen molar-refractivity contribution in [3.63, 3.8) is 0 Å². The highest BCUT2D eigenvalue weighted by molar-refractivity contribution is 14.0. The molecule has 6 heteroatoms. The molecule has 0 aromatic carbocycles. The molecule has 1 unspecified atom stereocenters. The molecule has 0 bridgehead atoms. The summed E-state index contributed by atoms with van der Waals surface area (Å²) < 4.78 is 5.68. The van der Waals surface area contributed by atoms with Crippen LogP contribution in [0.5, 0.6) is 0 Å². The van der Waals surface area contributed by atoms with Crippen molar-refractivity contribution >= 4 is 29.9 Å². The Morgan fingerprint density at radius 2 is 2.22 bits per heavy atom. The van der Waals surface area contributed by atoms with Crippen molar-refractivity contribution in [2.75, 3.05) is 46.9 Å². The van der Waals surface area contributed by atoms with Crippen molar-refractivity contribution in [1.82, 2.24) is 15.5 Å². The van der Waals surface area contributed by atoms with Crippen LogP contribution in [-0.4, -0.2) is 63.8 Å². The molecule has 1 heterocycles. The number of ether oxygens (including phenoxy) is 1. The van der Waals surface area contributed by atoms with Gasteiger partial charge in [0.2, 0.25) is 0 Å². The number of halogens is 1. The van der Waals surface area contributed by atoms with Crippen LogP contribution in [0.2, 0.25) is 0 Å². The average Bonchev–Trinajstić information content (AvgIpc) is 2.34. The van der Waals surface area contributed by atoms with Crippen LogP contribution >= 0.6 is 24.0 Å². The SMILES string of the molecule is CCCCNC(=NC)NCC1CN(C)CCO1.I. The molecule has 108 valence electrons. The molecule has 1 aliphatic rings. The van der Waals surface area contributed by atoms with E-state index in [0.29, 0.717) is 0 Å². The molecule has 0 saturated carbocycles. The van der Waals surface area contributed by atoms with Crippen molar-refractivity contribution < 1.29 is 4.74 Å². The van der Waals surface area contributed by atoms with Gasteiger partial charge in [-0.3, -0.25) is 4.99 Å². The Morgan fingerprint density at radius 3 is 2.83 bits per heavy atom. The van der Waals surface area contributed by atoms with Crippen molar-refractivity contribution in [2.24, 2.45) is 4.99 Å². The van der Waals surface area contributed by atoms with Gasteiger partial charge in [-0.15, -0.1) is 24.0 Å². The molecule has 1 atom stereocenters. The highest BCUT2D eigenvalue weighted by Gasteiger charge is 2.17. The second-order valence-corrected chi connectivity index (χ2v) is 4.49.